The lowest BCUT2D eigenvalue weighted by molar-refractivity contribution is 0.349. The van der Waals surface area contributed by atoms with Crippen molar-refractivity contribution in [2.45, 2.75) is 45.1 Å². The van der Waals surface area contributed by atoms with E-state index >= 15 is 0 Å². The van der Waals surface area contributed by atoms with E-state index in [2.05, 4.69) is 19.2 Å². The first kappa shape index (κ1) is 15.5. The number of rotatable bonds is 5. The fourth-order valence-electron chi connectivity index (χ4n) is 3.06. The quantitative estimate of drug-likeness (QED) is 0.897. The zero-order chi connectivity index (χ0) is 14.7. The minimum atomic E-state index is 0.368. The molecule has 0 amide bonds. The third kappa shape index (κ3) is 3.04. The highest BCUT2D eigenvalue weighted by atomic mass is 35.5. The highest BCUT2D eigenvalue weighted by Gasteiger charge is 2.24. The van der Waals surface area contributed by atoms with Gasteiger partial charge >= 0.3 is 0 Å². The van der Waals surface area contributed by atoms with Gasteiger partial charge in [-0.3, -0.25) is 0 Å². The lowest BCUT2D eigenvalue weighted by Crippen LogP contribution is -2.24. The van der Waals surface area contributed by atoms with Gasteiger partial charge in [-0.25, -0.2) is 0 Å². The van der Waals surface area contributed by atoms with Crippen molar-refractivity contribution < 1.29 is 9.47 Å². The normalized spacial score (nSPS) is 18.6. The molecule has 0 spiro atoms. The summed E-state index contributed by atoms with van der Waals surface area (Å²) in [5.74, 6) is 1.79. The molecular weight excluding hydrogens is 274 g/mol. The summed E-state index contributed by atoms with van der Waals surface area (Å²) in [5.41, 5.74) is 2.48. The van der Waals surface area contributed by atoms with Gasteiger partial charge in [0.25, 0.3) is 0 Å². The van der Waals surface area contributed by atoms with Crippen LogP contribution in [0.4, 0.5) is 0 Å². The van der Waals surface area contributed by atoms with Gasteiger partial charge < -0.3 is 14.8 Å². The van der Waals surface area contributed by atoms with E-state index in [1.54, 1.807) is 14.2 Å². The molecule has 1 aliphatic heterocycles. The molecule has 1 atom stereocenters. The minimum Gasteiger partial charge on any atom is -0.492 e. The van der Waals surface area contributed by atoms with Gasteiger partial charge in [-0.1, -0.05) is 25.4 Å². The summed E-state index contributed by atoms with van der Waals surface area (Å²) in [7, 11) is 3.31. The number of methoxy groups -OCH3 is 2. The van der Waals surface area contributed by atoms with Crippen molar-refractivity contribution in [1.82, 2.24) is 5.32 Å². The van der Waals surface area contributed by atoms with Gasteiger partial charge in [0.2, 0.25) is 0 Å². The lowest BCUT2D eigenvalue weighted by Gasteiger charge is -2.22. The van der Waals surface area contributed by atoms with Crippen LogP contribution in [-0.4, -0.2) is 26.8 Å². The van der Waals surface area contributed by atoms with Gasteiger partial charge in [-0.15, -0.1) is 0 Å². The number of nitrogens with one attached hydrogen (secondary N) is 1. The van der Waals surface area contributed by atoms with Crippen molar-refractivity contribution in [1.29, 1.82) is 0 Å². The van der Waals surface area contributed by atoms with Crippen molar-refractivity contribution in [2.75, 3.05) is 20.8 Å². The van der Waals surface area contributed by atoms with Crippen LogP contribution in [0.1, 0.15) is 43.7 Å². The smallest absolute Gasteiger partial charge is 0.179 e. The molecular formula is C16H24ClNO2. The monoisotopic (exact) mass is 297 g/mol. The number of hydrogen-bond donors (Lipinski definition) is 1. The maximum atomic E-state index is 6.35. The molecule has 1 fully saturated rings. The molecule has 0 aromatic heterocycles. The Balaban J connectivity index is 2.45. The predicted molar refractivity (Wildman–Crippen MR) is 83.4 cm³/mol. The van der Waals surface area contributed by atoms with E-state index in [0.717, 1.165) is 18.7 Å². The van der Waals surface area contributed by atoms with Crippen LogP contribution in [0.2, 0.25) is 5.02 Å². The molecule has 4 heteroatoms. The summed E-state index contributed by atoms with van der Waals surface area (Å²) in [5, 5.41) is 4.17. The summed E-state index contributed by atoms with van der Waals surface area (Å²) < 4.78 is 11.0. The second-order valence-corrected chi connectivity index (χ2v) is 6.06. The maximum Gasteiger partial charge on any atom is 0.179 e. The van der Waals surface area contributed by atoms with Crippen molar-refractivity contribution in [3.8, 4) is 11.5 Å². The molecule has 20 heavy (non-hydrogen) atoms. The van der Waals surface area contributed by atoms with Crippen molar-refractivity contribution in [3.05, 3.63) is 22.2 Å². The van der Waals surface area contributed by atoms with Crippen LogP contribution in [0, 0.1) is 0 Å². The SMILES string of the molecule is COc1c(Cl)cc(CC2CCCN2)c(C(C)C)c1OC. The van der Waals surface area contributed by atoms with Crippen LogP contribution >= 0.6 is 11.6 Å². The van der Waals surface area contributed by atoms with Crippen molar-refractivity contribution in [3.63, 3.8) is 0 Å². The molecule has 1 saturated heterocycles. The van der Waals surface area contributed by atoms with E-state index in [-0.39, 0.29) is 0 Å². The maximum absolute atomic E-state index is 6.35. The second-order valence-electron chi connectivity index (χ2n) is 5.65. The standard InChI is InChI=1S/C16H24ClNO2/c1-10(2)14-11(8-12-6-5-7-18-12)9-13(17)15(19-3)16(14)20-4/h9-10,12,18H,5-8H2,1-4H3. The number of hydrogen-bond acceptors (Lipinski definition) is 3. The van der Waals surface area contributed by atoms with Crippen LogP contribution in [-0.2, 0) is 6.42 Å². The minimum absolute atomic E-state index is 0.368. The molecule has 3 nitrogen and oxygen atoms in total. The van der Waals surface area contributed by atoms with Crippen molar-refractivity contribution >= 4 is 11.6 Å². The van der Waals surface area contributed by atoms with E-state index in [4.69, 9.17) is 21.1 Å². The molecule has 1 unspecified atom stereocenters. The Hall–Kier alpha value is -0.930. The van der Waals surface area contributed by atoms with E-state index < -0.39 is 0 Å². The Morgan fingerprint density at radius 1 is 1.30 bits per heavy atom. The topological polar surface area (TPSA) is 30.5 Å². The Bertz CT molecular complexity index is 468. The average Bonchev–Trinajstić information content (AvgIpc) is 2.90. The Morgan fingerprint density at radius 3 is 2.50 bits per heavy atom. The molecule has 0 radical (unpaired) electrons. The van der Waals surface area contributed by atoms with Gasteiger partial charge in [0.15, 0.2) is 11.5 Å². The average molecular weight is 298 g/mol. The van der Waals surface area contributed by atoms with Gasteiger partial charge in [-0.2, -0.15) is 0 Å². The van der Waals surface area contributed by atoms with Crippen molar-refractivity contribution in [2.24, 2.45) is 0 Å². The molecule has 1 aromatic carbocycles. The van der Waals surface area contributed by atoms with Crippen LogP contribution in [0.25, 0.3) is 0 Å². The second kappa shape index (κ2) is 6.68. The van der Waals surface area contributed by atoms with Crippen LogP contribution in [0.15, 0.2) is 6.07 Å². The first-order valence-corrected chi connectivity index (χ1v) is 7.62. The highest BCUT2D eigenvalue weighted by molar-refractivity contribution is 6.32. The molecule has 0 aliphatic carbocycles. The van der Waals surface area contributed by atoms with E-state index in [0.29, 0.717) is 22.7 Å². The number of halogens is 1. The lowest BCUT2D eigenvalue weighted by atomic mass is 9.91. The number of ether oxygens (including phenoxy) is 2. The summed E-state index contributed by atoms with van der Waals surface area (Å²) in [6.45, 7) is 5.47. The molecule has 1 aliphatic rings. The third-order valence-electron chi connectivity index (χ3n) is 3.93. The molecule has 0 saturated carbocycles. The van der Waals surface area contributed by atoms with Crippen LogP contribution < -0.4 is 14.8 Å². The molecule has 1 aromatic rings. The predicted octanol–water partition coefficient (Wildman–Crippen LogP) is 3.78. The van der Waals surface area contributed by atoms with Gasteiger partial charge in [-0.05, 0) is 43.4 Å². The fourth-order valence-corrected chi connectivity index (χ4v) is 3.36. The zero-order valence-electron chi connectivity index (χ0n) is 12.8. The van der Waals surface area contributed by atoms with E-state index in [1.165, 1.54) is 24.0 Å². The third-order valence-corrected chi connectivity index (χ3v) is 4.21. The number of benzene rings is 1. The van der Waals surface area contributed by atoms with Gasteiger partial charge in [0.1, 0.15) is 0 Å². The summed E-state index contributed by atoms with van der Waals surface area (Å²) in [4.78, 5) is 0. The molecule has 1 heterocycles. The van der Waals surface area contributed by atoms with E-state index in [9.17, 15) is 0 Å². The summed E-state index contributed by atoms with van der Waals surface area (Å²) >= 11 is 6.35. The Kier molecular flexibility index (Phi) is 5.17. The first-order chi connectivity index (χ1) is 9.58. The first-order valence-electron chi connectivity index (χ1n) is 7.25. The van der Waals surface area contributed by atoms with Gasteiger partial charge in [0, 0.05) is 11.6 Å². The largest absolute Gasteiger partial charge is 0.492 e. The highest BCUT2D eigenvalue weighted by Crippen LogP contribution is 2.43. The van der Waals surface area contributed by atoms with Crippen LogP contribution in [0.3, 0.4) is 0 Å². The van der Waals surface area contributed by atoms with E-state index in [1.807, 2.05) is 6.07 Å². The molecule has 1 N–H and O–H groups in total. The Labute approximate surface area is 126 Å². The summed E-state index contributed by atoms with van der Waals surface area (Å²) in [6.07, 6.45) is 3.47. The fraction of sp³-hybridized carbons (Fsp3) is 0.625. The zero-order valence-corrected chi connectivity index (χ0v) is 13.5. The molecule has 112 valence electrons. The van der Waals surface area contributed by atoms with Gasteiger partial charge in [0.05, 0.1) is 19.2 Å². The summed E-state index contributed by atoms with van der Waals surface area (Å²) in [6, 6.07) is 2.58. The molecule has 0 bridgehead atoms. The van der Waals surface area contributed by atoms with Crippen LogP contribution in [0.5, 0.6) is 11.5 Å². The Morgan fingerprint density at radius 2 is 2.00 bits per heavy atom. The molecule has 2 rings (SSSR count).